The van der Waals surface area contributed by atoms with Gasteiger partial charge in [-0.25, -0.2) is 0 Å². The molecular weight excluding hydrogens is 402 g/mol. The van der Waals surface area contributed by atoms with Crippen molar-refractivity contribution in [1.82, 2.24) is 15.1 Å². The van der Waals surface area contributed by atoms with Crippen LogP contribution in [0.3, 0.4) is 0 Å². The van der Waals surface area contributed by atoms with E-state index < -0.39 is 0 Å². The first-order valence-electron chi connectivity index (χ1n) is 12.6. The van der Waals surface area contributed by atoms with Gasteiger partial charge in [-0.1, -0.05) is 38.3 Å². The SMILES string of the molecule is CCCN1CCCN(C(=O)Cc2ccc(OCC)cc2)CCNC(=O)CC12CCCCC2. The zero-order chi connectivity index (χ0) is 22.8. The van der Waals surface area contributed by atoms with Crippen molar-refractivity contribution >= 4 is 11.8 Å². The summed E-state index contributed by atoms with van der Waals surface area (Å²) in [6.45, 7) is 8.62. The summed E-state index contributed by atoms with van der Waals surface area (Å²) in [5.74, 6) is 1.08. The fraction of sp³-hybridized carbons (Fsp3) is 0.692. The molecular formula is C26H41N3O3. The van der Waals surface area contributed by atoms with Crippen LogP contribution in [0, 0.1) is 0 Å². The van der Waals surface area contributed by atoms with E-state index in [4.69, 9.17) is 4.74 Å². The zero-order valence-electron chi connectivity index (χ0n) is 20.0. The lowest BCUT2D eigenvalue weighted by molar-refractivity contribution is -0.131. The van der Waals surface area contributed by atoms with Gasteiger partial charge in [0, 0.05) is 38.1 Å². The summed E-state index contributed by atoms with van der Waals surface area (Å²) >= 11 is 0. The maximum atomic E-state index is 13.1. The Bertz CT molecular complexity index is 728. The van der Waals surface area contributed by atoms with E-state index >= 15 is 0 Å². The summed E-state index contributed by atoms with van der Waals surface area (Å²) < 4.78 is 5.50. The minimum atomic E-state index is -0.000170. The highest BCUT2D eigenvalue weighted by atomic mass is 16.5. The predicted molar refractivity (Wildman–Crippen MR) is 128 cm³/mol. The molecule has 2 amide bonds. The number of benzene rings is 1. The fourth-order valence-corrected chi connectivity index (χ4v) is 5.33. The maximum absolute atomic E-state index is 13.1. The van der Waals surface area contributed by atoms with Gasteiger partial charge in [0.1, 0.15) is 5.75 Å². The fourth-order valence-electron chi connectivity index (χ4n) is 5.33. The van der Waals surface area contributed by atoms with E-state index in [-0.39, 0.29) is 17.4 Å². The van der Waals surface area contributed by atoms with E-state index in [1.165, 1.54) is 19.3 Å². The lowest BCUT2D eigenvalue weighted by Gasteiger charge is -2.46. The van der Waals surface area contributed by atoms with Crippen LogP contribution < -0.4 is 10.1 Å². The first-order valence-corrected chi connectivity index (χ1v) is 12.6. The van der Waals surface area contributed by atoms with Crippen LogP contribution in [0.2, 0.25) is 0 Å². The van der Waals surface area contributed by atoms with E-state index in [1.807, 2.05) is 36.1 Å². The molecule has 0 atom stereocenters. The van der Waals surface area contributed by atoms with E-state index in [1.54, 1.807) is 0 Å². The average molecular weight is 444 g/mol. The molecule has 1 saturated carbocycles. The quantitative estimate of drug-likeness (QED) is 0.727. The molecule has 0 unspecified atom stereocenters. The van der Waals surface area contributed by atoms with Gasteiger partial charge in [0.25, 0.3) is 0 Å². The van der Waals surface area contributed by atoms with Gasteiger partial charge in [0.15, 0.2) is 0 Å². The molecule has 32 heavy (non-hydrogen) atoms. The highest BCUT2D eigenvalue weighted by molar-refractivity contribution is 5.79. The van der Waals surface area contributed by atoms with Crippen LogP contribution in [0.15, 0.2) is 24.3 Å². The maximum Gasteiger partial charge on any atom is 0.227 e. The topological polar surface area (TPSA) is 61.9 Å². The molecule has 178 valence electrons. The van der Waals surface area contributed by atoms with E-state index in [2.05, 4.69) is 17.1 Å². The second-order valence-corrected chi connectivity index (χ2v) is 9.29. The number of nitrogens with one attached hydrogen (secondary N) is 1. The normalized spacial score (nSPS) is 20.4. The van der Waals surface area contributed by atoms with Crippen molar-refractivity contribution in [3.05, 3.63) is 29.8 Å². The Morgan fingerprint density at radius 2 is 1.78 bits per heavy atom. The summed E-state index contributed by atoms with van der Waals surface area (Å²) in [6, 6.07) is 7.77. The highest BCUT2D eigenvalue weighted by Crippen LogP contribution is 2.37. The first kappa shape index (κ1) is 24.6. The van der Waals surface area contributed by atoms with Crippen LogP contribution in [-0.4, -0.2) is 66.5 Å². The van der Waals surface area contributed by atoms with Gasteiger partial charge in [0.05, 0.1) is 13.0 Å². The van der Waals surface area contributed by atoms with Crippen molar-refractivity contribution in [3.8, 4) is 5.75 Å². The monoisotopic (exact) mass is 443 g/mol. The molecule has 2 fully saturated rings. The Kier molecular flexibility index (Phi) is 9.39. The second-order valence-electron chi connectivity index (χ2n) is 9.29. The largest absolute Gasteiger partial charge is 0.494 e. The molecule has 2 aliphatic rings. The molecule has 1 spiro atoms. The summed E-state index contributed by atoms with van der Waals surface area (Å²) in [7, 11) is 0. The van der Waals surface area contributed by atoms with Gasteiger partial charge in [0.2, 0.25) is 11.8 Å². The van der Waals surface area contributed by atoms with Crippen LogP contribution >= 0.6 is 0 Å². The lowest BCUT2D eigenvalue weighted by Crippen LogP contribution is -2.53. The number of hydrogen-bond donors (Lipinski definition) is 1. The number of nitrogens with zero attached hydrogens (tertiary/aromatic N) is 2. The Morgan fingerprint density at radius 3 is 2.47 bits per heavy atom. The molecule has 6 heteroatoms. The van der Waals surface area contributed by atoms with Crippen molar-refractivity contribution in [2.24, 2.45) is 0 Å². The highest BCUT2D eigenvalue weighted by Gasteiger charge is 2.39. The third kappa shape index (κ3) is 6.71. The van der Waals surface area contributed by atoms with Gasteiger partial charge in [-0.3, -0.25) is 14.5 Å². The average Bonchev–Trinajstić information content (AvgIpc) is 2.81. The van der Waals surface area contributed by atoms with Crippen LogP contribution in [0.25, 0.3) is 0 Å². The van der Waals surface area contributed by atoms with Crippen LogP contribution in [0.1, 0.15) is 70.8 Å². The Labute approximate surface area is 193 Å². The summed E-state index contributed by atoms with van der Waals surface area (Å²) in [5.41, 5.74) is 0.991. The van der Waals surface area contributed by atoms with Gasteiger partial charge in [-0.2, -0.15) is 0 Å². The van der Waals surface area contributed by atoms with Crippen LogP contribution in [0.4, 0.5) is 0 Å². The van der Waals surface area contributed by atoms with Crippen LogP contribution in [0.5, 0.6) is 5.75 Å². The second kappa shape index (κ2) is 12.2. The zero-order valence-corrected chi connectivity index (χ0v) is 20.0. The van der Waals surface area contributed by atoms with Crippen molar-refractivity contribution in [2.75, 3.05) is 39.3 Å². The molecule has 0 bridgehead atoms. The van der Waals surface area contributed by atoms with E-state index in [9.17, 15) is 9.59 Å². The number of carbonyl (C=O) groups is 2. The van der Waals surface area contributed by atoms with Gasteiger partial charge < -0.3 is 15.0 Å². The van der Waals surface area contributed by atoms with Crippen molar-refractivity contribution < 1.29 is 14.3 Å². The smallest absolute Gasteiger partial charge is 0.227 e. The number of ether oxygens (including phenoxy) is 1. The molecule has 1 aliphatic heterocycles. The lowest BCUT2D eigenvalue weighted by atomic mass is 9.77. The molecule has 1 aromatic carbocycles. The van der Waals surface area contributed by atoms with E-state index in [0.29, 0.717) is 32.5 Å². The molecule has 1 aliphatic carbocycles. The van der Waals surface area contributed by atoms with Gasteiger partial charge in [-0.05, 0) is 56.8 Å². The molecule has 1 saturated heterocycles. The Hall–Kier alpha value is -2.08. The number of rotatable bonds is 6. The summed E-state index contributed by atoms with van der Waals surface area (Å²) in [4.78, 5) is 30.4. The molecule has 1 aromatic rings. The predicted octanol–water partition coefficient (Wildman–Crippen LogP) is 3.78. The number of carbonyl (C=O) groups excluding carboxylic acids is 2. The third-order valence-corrected chi connectivity index (χ3v) is 6.94. The minimum Gasteiger partial charge on any atom is -0.494 e. The standard InChI is InChI=1S/C26H41N3O3/c1-3-16-29-18-8-17-28(25(31)20-22-9-11-23(12-10-22)32-4-2)19-15-27-24(30)21-26(29)13-6-5-7-14-26/h9-12H,3-8,13-21H2,1-2H3,(H,27,30). The third-order valence-electron chi connectivity index (χ3n) is 6.94. The number of hydrogen-bond acceptors (Lipinski definition) is 4. The molecule has 1 N–H and O–H groups in total. The Morgan fingerprint density at radius 1 is 1.03 bits per heavy atom. The van der Waals surface area contributed by atoms with E-state index in [0.717, 1.165) is 56.6 Å². The molecule has 1 heterocycles. The number of amides is 2. The van der Waals surface area contributed by atoms with Crippen LogP contribution in [-0.2, 0) is 16.0 Å². The van der Waals surface area contributed by atoms with Gasteiger partial charge >= 0.3 is 0 Å². The minimum absolute atomic E-state index is 0.000170. The molecule has 0 radical (unpaired) electrons. The molecule has 6 nitrogen and oxygen atoms in total. The summed E-state index contributed by atoms with van der Waals surface area (Å²) in [5, 5.41) is 3.11. The molecule has 0 aromatic heterocycles. The first-order chi connectivity index (χ1) is 15.6. The van der Waals surface area contributed by atoms with Gasteiger partial charge in [-0.15, -0.1) is 0 Å². The molecule has 3 rings (SSSR count). The van der Waals surface area contributed by atoms with Crippen molar-refractivity contribution in [3.63, 3.8) is 0 Å². The van der Waals surface area contributed by atoms with Crippen molar-refractivity contribution in [2.45, 2.75) is 77.2 Å². The summed E-state index contributed by atoms with van der Waals surface area (Å²) in [6.07, 6.45) is 8.92. The Balaban J connectivity index is 1.66. The van der Waals surface area contributed by atoms with Crippen molar-refractivity contribution in [1.29, 1.82) is 0 Å².